The molecule has 3 heteroatoms. The molecule has 17 heavy (non-hydrogen) atoms. The molecule has 0 N–H and O–H groups in total. The third kappa shape index (κ3) is 4.89. The fraction of sp³-hybridized carbons (Fsp3) is 0.500. The van der Waals surface area contributed by atoms with E-state index in [0.29, 0.717) is 6.61 Å². The Labute approximate surface area is 103 Å². The van der Waals surface area contributed by atoms with E-state index < -0.39 is 0 Å². The highest BCUT2D eigenvalue weighted by Gasteiger charge is 2.11. The minimum Gasteiger partial charge on any atom is -0.490 e. The van der Waals surface area contributed by atoms with Crippen molar-refractivity contribution in [2.24, 2.45) is 0 Å². The Bertz CT molecular complexity index is 365. The molecule has 0 heterocycles. The van der Waals surface area contributed by atoms with Gasteiger partial charge in [-0.15, -0.1) is 0 Å². The quantitative estimate of drug-likeness (QED) is 0.737. The lowest BCUT2D eigenvalue weighted by molar-refractivity contribution is -0.144. The molecule has 0 aliphatic carbocycles. The van der Waals surface area contributed by atoms with Crippen LogP contribution in [0.5, 0.6) is 5.75 Å². The Kier molecular flexibility index (Phi) is 5.01. The molecule has 1 unspecified atom stereocenters. The molecule has 0 saturated heterocycles. The highest BCUT2D eigenvalue weighted by Crippen LogP contribution is 2.18. The van der Waals surface area contributed by atoms with Crippen molar-refractivity contribution in [2.45, 2.75) is 40.2 Å². The van der Waals surface area contributed by atoms with Gasteiger partial charge in [-0.25, -0.2) is 0 Å². The second kappa shape index (κ2) is 6.28. The van der Waals surface area contributed by atoms with Crippen LogP contribution in [0.3, 0.4) is 0 Å². The maximum absolute atomic E-state index is 11.3. The van der Waals surface area contributed by atoms with Crippen molar-refractivity contribution in [2.75, 3.05) is 6.61 Å². The van der Waals surface area contributed by atoms with Crippen LogP contribution < -0.4 is 4.74 Å². The predicted molar refractivity (Wildman–Crippen MR) is 67.3 cm³/mol. The first-order valence-corrected chi connectivity index (χ1v) is 5.92. The first-order valence-electron chi connectivity index (χ1n) is 5.92. The molecule has 1 atom stereocenters. The van der Waals surface area contributed by atoms with Crippen molar-refractivity contribution in [3.05, 3.63) is 29.3 Å². The van der Waals surface area contributed by atoms with Gasteiger partial charge in [0, 0.05) is 0 Å². The van der Waals surface area contributed by atoms with Crippen LogP contribution in [0.2, 0.25) is 0 Å². The first-order chi connectivity index (χ1) is 8.01. The molecule has 0 fully saturated rings. The van der Waals surface area contributed by atoms with Crippen LogP contribution in [0.15, 0.2) is 18.2 Å². The number of carbonyl (C=O) groups is 1. The molecule has 0 aliphatic rings. The fourth-order valence-corrected chi connectivity index (χ4v) is 1.73. The van der Waals surface area contributed by atoms with E-state index in [9.17, 15) is 4.79 Å². The van der Waals surface area contributed by atoms with Crippen molar-refractivity contribution >= 4 is 5.97 Å². The van der Waals surface area contributed by atoms with Crippen LogP contribution in [0.25, 0.3) is 0 Å². The second-order valence-electron chi connectivity index (χ2n) is 4.26. The standard InChI is InChI=1S/C14H20O3/c1-5-16-14(15)9-12(4)17-13-7-10(2)6-11(3)8-13/h6-8,12H,5,9H2,1-4H3. The molecule has 1 aromatic rings. The summed E-state index contributed by atoms with van der Waals surface area (Å²) in [7, 11) is 0. The average molecular weight is 236 g/mol. The largest absolute Gasteiger partial charge is 0.490 e. The topological polar surface area (TPSA) is 35.5 Å². The Morgan fingerprint density at radius 3 is 2.35 bits per heavy atom. The number of carbonyl (C=O) groups excluding carboxylic acids is 1. The molecule has 0 aliphatic heterocycles. The summed E-state index contributed by atoms with van der Waals surface area (Å²) in [5, 5.41) is 0. The molecular formula is C14H20O3. The summed E-state index contributed by atoms with van der Waals surface area (Å²) in [6.45, 7) is 8.13. The van der Waals surface area contributed by atoms with Gasteiger partial charge in [0.15, 0.2) is 0 Å². The fourth-order valence-electron chi connectivity index (χ4n) is 1.73. The van der Waals surface area contributed by atoms with Crippen molar-refractivity contribution in [1.29, 1.82) is 0 Å². The molecule has 0 saturated carbocycles. The number of esters is 1. The molecule has 3 nitrogen and oxygen atoms in total. The van der Waals surface area contributed by atoms with Gasteiger partial charge in [-0.3, -0.25) is 4.79 Å². The van der Waals surface area contributed by atoms with E-state index >= 15 is 0 Å². The van der Waals surface area contributed by atoms with Gasteiger partial charge in [-0.05, 0) is 51.0 Å². The zero-order valence-electron chi connectivity index (χ0n) is 10.9. The smallest absolute Gasteiger partial charge is 0.309 e. The molecule has 0 radical (unpaired) electrons. The van der Waals surface area contributed by atoms with E-state index in [1.807, 2.05) is 32.9 Å². The van der Waals surface area contributed by atoms with Crippen molar-refractivity contribution < 1.29 is 14.3 Å². The average Bonchev–Trinajstić information content (AvgIpc) is 2.14. The summed E-state index contributed by atoms with van der Waals surface area (Å²) < 4.78 is 10.6. The number of hydrogen-bond acceptors (Lipinski definition) is 3. The molecule has 94 valence electrons. The molecule has 0 amide bonds. The third-order valence-corrected chi connectivity index (χ3v) is 2.29. The van der Waals surface area contributed by atoms with Crippen molar-refractivity contribution in [1.82, 2.24) is 0 Å². The van der Waals surface area contributed by atoms with E-state index in [-0.39, 0.29) is 18.5 Å². The van der Waals surface area contributed by atoms with E-state index in [0.717, 1.165) is 16.9 Å². The monoisotopic (exact) mass is 236 g/mol. The number of hydrogen-bond donors (Lipinski definition) is 0. The van der Waals surface area contributed by atoms with Gasteiger partial charge in [-0.1, -0.05) is 6.07 Å². The van der Waals surface area contributed by atoms with E-state index in [1.54, 1.807) is 6.92 Å². The molecule has 0 aromatic heterocycles. The number of ether oxygens (including phenoxy) is 2. The van der Waals surface area contributed by atoms with Gasteiger partial charge in [0.1, 0.15) is 11.9 Å². The van der Waals surface area contributed by atoms with Crippen molar-refractivity contribution in [3.63, 3.8) is 0 Å². The normalized spacial score (nSPS) is 12.0. The van der Waals surface area contributed by atoms with Crippen LogP contribution in [0, 0.1) is 13.8 Å². The molecular weight excluding hydrogens is 216 g/mol. The van der Waals surface area contributed by atoms with E-state index in [2.05, 4.69) is 6.07 Å². The van der Waals surface area contributed by atoms with Gasteiger partial charge < -0.3 is 9.47 Å². The molecule has 1 rings (SSSR count). The van der Waals surface area contributed by atoms with E-state index in [1.165, 1.54) is 0 Å². The number of rotatable bonds is 5. The minimum atomic E-state index is -0.218. The summed E-state index contributed by atoms with van der Waals surface area (Å²) in [6.07, 6.45) is 0.108. The lowest BCUT2D eigenvalue weighted by Gasteiger charge is -2.14. The van der Waals surface area contributed by atoms with Crippen LogP contribution in [-0.2, 0) is 9.53 Å². The summed E-state index contributed by atoms with van der Waals surface area (Å²) in [5.41, 5.74) is 2.31. The summed E-state index contributed by atoms with van der Waals surface area (Å²) in [5.74, 6) is 0.587. The Morgan fingerprint density at radius 2 is 1.82 bits per heavy atom. The number of aryl methyl sites for hydroxylation is 2. The predicted octanol–water partition coefficient (Wildman–Crippen LogP) is 3.02. The lowest BCUT2D eigenvalue weighted by atomic mass is 10.1. The Balaban J connectivity index is 2.55. The SMILES string of the molecule is CCOC(=O)CC(C)Oc1cc(C)cc(C)c1. The van der Waals surface area contributed by atoms with Gasteiger partial charge in [0.05, 0.1) is 13.0 Å². The minimum absolute atomic E-state index is 0.171. The van der Waals surface area contributed by atoms with Gasteiger partial charge in [0.25, 0.3) is 0 Å². The van der Waals surface area contributed by atoms with Gasteiger partial charge in [-0.2, -0.15) is 0 Å². The zero-order valence-corrected chi connectivity index (χ0v) is 10.9. The second-order valence-corrected chi connectivity index (χ2v) is 4.26. The maximum atomic E-state index is 11.3. The third-order valence-electron chi connectivity index (χ3n) is 2.29. The first kappa shape index (κ1) is 13.6. The van der Waals surface area contributed by atoms with Gasteiger partial charge in [0.2, 0.25) is 0 Å². The Morgan fingerprint density at radius 1 is 1.24 bits per heavy atom. The van der Waals surface area contributed by atoms with Crippen LogP contribution >= 0.6 is 0 Å². The zero-order chi connectivity index (χ0) is 12.8. The lowest BCUT2D eigenvalue weighted by Crippen LogP contribution is -2.18. The molecule has 1 aromatic carbocycles. The highest BCUT2D eigenvalue weighted by molar-refractivity contribution is 5.69. The van der Waals surface area contributed by atoms with Crippen LogP contribution in [-0.4, -0.2) is 18.7 Å². The highest BCUT2D eigenvalue weighted by atomic mass is 16.5. The van der Waals surface area contributed by atoms with Crippen LogP contribution in [0.1, 0.15) is 31.4 Å². The Hall–Kier alpha value is -1.51. The molecule has 0 spiro atoms. The van der Waals surface area contributed by atoms with Crippen molar-refractivity contribution in [3.8, 4) is 5.75 Å². The summed E-state index contributed by atoms with van der Waals surface area (Å²) in [6, 6.07) is 6.02. The maximum Gasteiger partial charge on any atom is 0.309 e. The van der Waals surface area contributed by atoms with Crippen LogP contribution in [0.4, 0.5) is 0 Å². The number of benzene rings is 1. The summed E-state index contributed by atoms with van der Waals surface area (Å²) >= 11 is 0. The van der Waals surface area contributed by atoms with E-state index in [4.69, 9.17) is 9.47 Å². The van der Waals surface area contributed by atoms with Gasteiger partial charge >= 0.3 is 5.97 Å². The summed E-state index contributed by atoms with van der Waals surface area (Å²) in [4.78, 5) is 11.3. The molecule has 0 bridgehead atoms.